The minimum absolute atomic E-state index is 0.0575. The van der Waals surface area contributed by atoms with E-state index in [1.54, 1.807) is 19.0 Å². The molecule has 7 nitrogen and oxygen atoms in total. The van der Waals surface area contributed by atoms with E-state index >= 15 is 0 Å². The number of rotatable bonds is 3. The van der Waals surface area contributed by atoms with Gasteiger partial charge in [0.05, 0.1) is 0 Å². The molecule has 2 fully saturated rings. The predicted molar refractivity (Wildman–Crippen MR) is 109 cm³/mol. The van der Waals surface area contributed by atoms with Crippen LogP contribution in [0.1, 0.15) is 38.2 Å². The number of nitrogens with one attached hydrogen (secondary N) is 1. The van der Waals surface area contributed by atoms with E-state index in [0.29, 0.717) is 18.6 Å². The van der Waals surface area contributed by atoms with Gasteiger partial charge in [-0.05, 0) is 26.8 Å². The van der Waals surface area contributed by atoms with Gasteiger partial charge in [-0.2, -0.15) is 10.0 Å². The van der Waals surface area contributed by atoms with Gasteiger partial charge < -0.3 is 10.6 Å². The third-order valence-corrected chi connectivity index (χ3v) is 7.38. The molecule has 2 bridgehead atoms. The van der Waals surface area contributed by atoms with Crippen molar-refractivity contribution in [3.05, 3.63) is 29.8 Å². The standard InChI is InChI=1S/C21H31N5O2/c1-21(19(27)24(2)3)13-26(23-20(22)28,18-8-6-5-7-17(18)21)16-11-14-9-10-15(12-16)25(14)4/h5-8,14-16H,9-13H2,1-4H3,(H2-,22,23,28)/p+1. The van der Waals surface area contributed by atoms with Crippen LogP contribution in [0, 0.1) is 0 Å². The maximum Gasteiger partial charge on any atom is 0.356 e. The fourth-order valence-electron chi connectivity index (χ4n) is 6.09. The van der Waals surface area contributed by atoms with E-state index in [0.717, 1.165) is 24.1 Å². The summed E-state index contributed by atoms with van der Waals surface area (Å²) in [7, 11) is 5.79. The molecule has 3 aliphatic heterocycles. The average molecular weight is 387 g/mol. The van der Waals surface area contributed by atoms with Crippen molar-refractivity contribution in [3.8, 4) is 0 Å². The molecule has 0 saturated carbocycles. The summed E-state index contributed by atoms with van der Waals surface area (Å²) < 4.78 is 0.280. The number of primary amides is 1. The summed E-state index contributed by atoms with van der Waals surface area (Å²) in [5, 5.41) is 0. The Morgan fingerprint density at radius 1 is 1.21 bits per heavy atom. The first-order valence-corrected chi connectivity index (χ1v) is 10.2. The molecule has 28 heavy (non-hydrogen) atoms. The lowest BCUT2D eigenvalue weighted by Gasteiger charge is -2.46. The smallest absolute Gasteiger partial charge is 0.348 e. The minimum atomic E-state index is -0.703. The molecule has 4 atom stereocenters. The topological polar surface area (TPSA) is 78.7 Å². The molecule has 0 aromatic heterocycles. The normalized spacial score (nSPS) is 36.8. The van der Waals surface area contributed by atoms with Crippen LogP contribution in [0.5, 0.6) is 0 Å². The molecule has 3 aliphatic rings. The van der Waals surface area contributed by atoms with Gasteiger partial charge in [0.2, 0.25) is 5.91 Å². The van der Waals surface area contributed by atoms with Crippen LogP contribution in [-0.2, 0) is 10.2 Å². The van der Waals surface area contributed by atoms with Crippen LogP contribution in [0.15, 0.2) is 24.3 Å². The second-order valence-electron chi connectivity index (χ2n) is 9.23. The van der Waals surface area contributed by atoms with Gasteiger partial charge in [0, 0.05) is 50.7 Å². The van der Waals surface area contributed by atoms with Crippen LogP contribution >= 0.6 is 0 Å². The lowest BCUT2D eigenvalue weighted by molar-refractivity contribution is -0.134. The minimum Gasteiger partial charge on any atom is -0.348 e. The summed E-state index contributed by atoms with van der Waals surface area (Å²) in [4.78, 5) is 29.5. The van der Waals surface area contributed by atoms with Crippen molar-refractivity contribution >= 4 is 17.6 Å². The molecule has 3 heterocycles. The number of hydrogen-bond donors (Lipinski definition) is 2. The second-order valence-corrected chi connectivity index (χ2v) is 9.23. The van der Waals surface area contributed by atoms with Crippen LogP contribution in [0.2, 0.25) is 0 Å². The highest BCUT2D eigenvalue weighted by Gasteiger charge is 2.61. The number of likely N-dealkylation sites (N-methyl/N-ethyl adjacent to an activating group) is 1. The number of hydrogen-bond acceptors (Lipinski definition) is 3. The Balaban J connectivity index is 1.84. The van der Waals surface area contributed by atoms with Crippen molar-refractivity contribution in [2.24, 2.45) is 5.73 Å². The van der Waals surface area contributed by atoms with Gasteiger partial charge in [0.15, 0.2) is 5.69 Å². The Kier molecular flexibility index (Phi) is 4.43. The van der Waals surface area contributed by atoms with Crippen molar-refractivity contribution in [1.29, 1.82) is 0 Å². The summed E-state index contributed by atoms with van der Waals surface area (Å²) in [6.45, 7) is 2.50. The number of fused-ring (bicyclic) bond motifs is 3. The number of benzene rings is 1. The molecule has 3 amide bonds. The lowest BCUT2D eigenvalue weighted by atomic mass is 9.83. The molecule has 2 saturated heterocycles. The first kappa shape index (κ1) is 19.2. The molecule has 7 heteroatoms. The van der Waals surface area contributed by atoms with E-state index in [1.165, 1.54) is 12.8 Å². The maximum atomic E-state index is 13.2. The highest BCUT2D eigenvalue weighted by molar-refractivity contribution is 5.92. The van der Waals surface area contributed by atoms with E-state index < -0.39 is 11.4 Å². The van der Waals surface area contributed by atoms with E-state index in [4.69, 9.17) is 5.73 Å². The molecule has 0 aliphatic carbocycles. The Hall–Kier alpha value is -2.12. The van der Waals surface area contributed by atoms with Gasteiger partial charge in [0.1, 0.15) is 18.0 Å². The number of carbonyl (C=O) groups excluding carboxylic acids is 2. The fraction of sp³-hybridized carbons (Fsp3) is 0.619. The number of urea groups is 1. The Labute approximate surface area is 167 Å². The largest absolute Gasteiger partial charge is 0.356 e. The number of para-hydroxylation sites is 1. The third kappa shape index (κ3) is 2.63. The molecule has 1 aromatic rings. The van der Waals surface area contributed by atoms with Gasteiger partial charge in [-0.15, -0.1) is 0 Å². The fourth-order valence-corrected chi connectivity index (χ4v) is 6.09. The number of nitrogens with zero attached hydrogens (tertiary/aromatic N) is 3. The van der Waals surface area contributed by atoms with Crippen LogP contribution in [0.4, 0.5) is 10.5 Å². The quantitative estimate of drug-likeness (QED) is 0.774. The van der Waals surface area contributed by atoms with E-state index in [-0.39, 0.29) is 16.5 Å². The van der Waals surface area contributed by atoms with E-state index in [1.807, 2.05) is 25.1 Å². The molecule has 4 unspecified atom stereocenters. The Morgan fingerprint density at radius 3 is 2.39 bits per heavy atom. The molecule has 4 rings (SSSR count). The molecule has 152 valence electrons. The van der Waals surface area contributed by atoms with Gasteiger partial charge in [0.25, 0.3) is 0 Å². The number of nitrogens with two attached hydrogens (primary N) is 1. The monoisotopic (exact) mass is 386 g/mol. The van der Waals surface area contributed by atoms with Crippen LogP contribution in [0.3, 0.4) is 0 Å². The number of quaternary nitrogens is 1. The van der Waals surface area contributed by atoms with Crippen LogP contribution < -0.4 is 15.8 Å². The van der Waals surface area contributed by atoms with Crippen molar-refractivity contribution in [3.63, 3.8) is 0 Å². The zero-order valence-electron chi connectivity index (χ0n) is 17.3. The summed E-state index contributed by atoms with van der Waals surface area (Å²) in [6, 6.07) is 8.77. The predicted octanol–water partition coefficient (Wildman–Crippen LogP) is 1.56. The van der Waals surface area contributed by atoms with Crippen LogP contribution in [-0.4, -0.2) is 67.6 Å². The van der Waals surface area contributed by atoms with Crippen molar-refractivity contribution in [2.45, 2.75) is 56.1 Å². The van der Waals surface area contributed by atoms with Gasteiger partial charge >= 0.3 is 6.03 Å². The average Bonchev–Trinajstić information content (AvgIpc) is 3.00. The second kappa shape index (κ2) is 6.46. The SMILES string of the molecule is CN(C)C(=O)C1(C)C[N+](NC(N)=O)(C2CC3CCC(C2)N3C)c2ccccc21. The molecule has 0 radical (unpaired) electrons. The molecular formula is C21H32N5O2+. The first-order valence-electron chi connectivity index (χ1n) is 10.2. The number of amides is 3. The summed E-state index contributed by atoms with van der Waals surface area (Å²) in [5.74, 6) is 0.0575. The van der Waals surface area contributed by atoms with Crippen molar-refractivity contribution < 1.29 is 9.59 Å². The molecular weight excluding hydrogens is 354 g/mol. The zero-order chi connectivity index (χ0) is 20.3. The number of carbonyl (C=O) groups is 2. The van der Waals surface area contributed by atoms with Gasteiger partial charge in [-0.3, -0.25) is 9.69 Å². The summed E-state index contributed by atoms with van der Waals surface area (Å²) >= 11 is 0. The molecule has 0 spiro atoms. The maximum absolute atomic E-state index is 13.2. The summed E-state index contributed by atoms with van der Waals surface area (Å²) in [5.41, 5.74) is 10.1. The van der Waals surface area contributed by atoms with Gasteiger partial charge in [-0.1, -0.05) is 18.2 Å². The van der Waals surface area contributed by atoms with Gasteiger partial charge in [-0.25, -0.2) is 4.79 Å². The Morgan fingerprint density at radius 2 is 1.82 bits per heavy atom. The number of piperidine rings is 1. The molecule has 1 aromatic carbocycles. The zero-order valence-corrected chi connectivity index (χ0v) is 17.3. The van der Waals surface area contributed by atoms with Crippen LogP contribution in [0.25, 0.3) is 0 Å². The highest BCUT2D eigenvalue weighted by Crippen LogP contribution is 2.50. The Bertz CT molecular complexity index is 798. The third-order valence-electron chi connectivity index (χ3n) is 7.38. The van der Waals surface area contributed by atoms with Crippen molar-refractivity contribution in [2.75, 3.05) is 27.7 Å². The van der Waals surface area contributed by atoms with E-state index in [9.17, 15) is 9.59 Å². The van der Waals surface area contributed by atoms with E-state index in [2.05, 4.69) is 23.4 Å². The lowest BCUT2D eigenvalue weighted by Crippen LogP contribution is -2.71. The van der Waals surface area contributed by atoms with Crippen molar-refractivity contribution in [1.82, 2.24) is 19.8 Å². The summed E-state index contributed by atoms with van der Waals surface area (Å²) in [6.07, 6.45) is 4.38. The molecule has 3 N–H and O–H groups in total. The first-order chi connectivity index (χ1) is 13.2. The highest BCUT2D eigenvalue weighted by atomic mass is 16.2.